The first kappa shape index (κ1) is 24.4. The number of aryl methyl sites for hydroxylation is 2. The molecule has 3 rings (SSSR count). The maximum absolute atomic E-state index is 12.8. The summed E-state index contributed by atoms with van der Waals surface area (Å²) in [6.45, 7) is 3.62. The van der Waals surface area contributed by atoms with Gasteiger partial charge < -0.3 is 15.8 Å². The van der Waals surface area contributed by atoms with Crippen LogP contribution in [-0.4, -0.2) is 20.7 Å². The maximum Gasteiger partial charge on any atom is 0.241 e. The molecule has 2 atom stereocenters. The highest BCUT2D eigenvalue weighted by Gasteiger charge is 2.25. The molecule has 2 aromatic heterocycles. The Morgan fingerprint density at radius 3 is 2.48 bits per heavy atom. The Bertz CT molecular complexity index is 919. The first-order chi connectivity index (χ1) is 13.0. The van der Waals surface area contributed by atoms with Crippen LogP contribution in [0.15, 0.2) is 54.9 Å². The van der Waals surface area contributed by atoms with Gasteiger partial charge in [0.25, 0.3) is 0 Å². The largest absolute Gasteiger partial charge is 0.436 e. The smallest absolute Gasteiger partial charge is 0.241 e. The van der Waals surface area contributed by atoms with Crippen molar-refractivity contribution >= 4 is 36.4 Å². The maximum atomic E-state index is 12.8. The molecule has 1 amide bonds. The quantitative estimate of drug-likeness (QED) is 0.606. The molecular weight excluding hydrogens is 413 g/mol. The van der Waals surface area contributed by atoms with Crippen molar-refractivity contribution in [1.29, 1.82) is 0 Å². The number of amides is 1. The molecule has 0 aliphatic rings. The van der Waals surface area contributed by atoms with Crippen LogP contribution >= 0.6 is 24.8 Å². The van der Waals surface area contributed by atoms with Gasteiger partial charge in [0.15, 0.2) is 0 Å². The lowest BCUT2D eigenvalue weighted by Gasteiger charge is -2.20. The number of nitrogens with zero attached hydrogens (tertiary/aromatic N) is 3. The van der Waals surface area contributed by atoms with Crippen LogP contribution in [0.3, 0.4) is 0 Å². The van der Waals surface area contributed by atoms with Gasteiger partial charge in [0.1, 0.15) is 11.4 Å². The van der Waals surface area contributed by atoms with E-state index >= 15 is 0 Å². The molecule has 0 radical (unpaired) electrons. The lowest BCUT2D eigenvalue weighted by molar-refractivity contribution is -0.120. The van der Waals surface area contributed by atoms with E-state index in [2.05, 4.69) is 15.4 Å². The van der Waals surface area contributed by atoms with E-state index in [4.69, 9.17) is 10.5 Å². The van der Waals surface area contributed by atoms with Crippen LogP contribution in [0.2, 0.25) is 0 Å². The third-order valence-corrected chi connectivity index (χ3v) is 4.40. The Hall–Kier alpha value is -2.61. The van der Waals surface area contributed by atoms with Gasteiger partial charge in [-0.1, -0.05) is 37.3 Å². The SMILES string of the molecule is Cc1nn(C)c(Oc2cccnc2)c1NC(=O)C(C)C(N)c1ccccc1.Cl.Cl. The zero-order valence-electron chi connectivity index (χ0n) is 16.4. The van der Waals surface area contributed by atoms with Gasteiger partial charge in [-0.05, 0) is 24.6 Å². The summed E-state index contributed by atoms with van der Waals surface area (Å²) in [7, 11) is 1.76. The van der Waals surface area contributed by atoms with Crippen molar-refractivity contribution in [2.45, 2.75) is 19.9 Å². The summed E-state index contributed by atoms with van der Waals surface area (Å²) < 4.78 is 7.46. The zero-order chi connectivity index (χ0) is 19.4. The Labute approximate surface area is 182 Å². The molecule has 0 saturated heterocycles. The number of aromatic nitrogens is 3. The fourth-order valence-corrected chi connectivity index (χ4v) is 2.78. The van der Waals surface area contributed by atoms with Crippen LogP contribution in [0.25, 0.3) is 0 Å². The molecule has 3 aromatic rings. The number of anilines is 1. The first-order valence-electron chi connectivity index (χ1n) is 8.70. The number of halogens is 2. The van der Waals surface area contributed by atoms with E-state index in [0.29, 0.717) is 23.0 Å². The normalized spacial score (nSPS) is 12.1. The van der Waals surface area contributed by atoms with Gasteiger partial charge >= 0.3 is 0 Å². The highest BCUT2D eigenvalue weighted by atomic mass is 35.5. The molecule has 0 fully saturated rings. The van der Waals surface area contributed by atoms with E-state index in [1.165, 1.54) is 0 Å². The fraction of sp³-hybridized carbons (Fsp3) is 0.250. The van der Waals surface area contributed by atoms with Gasteiger partial charge in [-0.15, -0.1) is 24.8 Å². The molecular formula is C20H25Cl2N5O2. The number of hydrogen-bond donors (Lipinski definition) is 2. The van der Waals surface area contributed by atoms with E-state index < -0.39 is 12.0 Å². The number of pyridine rings is 1. The van der Waals surface area contributed by atoms with Gasteiger partial charge in [-0.3, -0.25) is 9.78 Å². The summed E-state index contributed by atoms with van der Waals surface area (Å²) in [5.74, 6) is 0.371. The molecule has 0 aliphatic carbocycles. The molecule has 156 valence electrons. The molecule has 2 unspecified atom stereocenters. The number of ether oxygens (including phenoxy) is 1. The predicted molar refractivity (Wildman–Crippen MR) is 118 cm³/mol. The van der Waals surface area contributed by atoms with Crippen LogP contribution in [-0.2, 0) is 11.8 Å². The molecule has 2 heterocycles. The van der Waals surface area contributed by atoms with E-state index in [9.17, 15) is 4.79 Å². The molecule has 0 bridgehead atoms. The molecule has 29 heavy (non-hydrogen) atoms. The Morgan fingerprint density at radius 1 is 1.17 bits per heavy atom. The second kappa shape index (κ2) is 10.8. The lowest BCUT2D eigenvalue weighted by Crippen LogP contribution is -2.30. The van der Waals surface area contributed by atoms with Gasteiger partial charge in [0, 0.05) is 19.3 Å². The third-order valence-electron chi connectivity index (χ3n) is 4.40. The van der Waals surface area contributed by atoms with Crippen molar-refractivity contribution in [1.82, 2.24) is 14.8 Å². The van der Waals surface area contributed by atoms with Crippen LogP contribution in [0, 0.1) is 12.8 Å². The van der Waals surface area contributed by atoms with Crippen LogP contribution in [0.4, 0.5) is 5.69 Å². The van der Waals surface area contributed by atoms with Gasteiger partial charge in [0.05, 0.1) is 17.8 Å². The number of carbonyl (C=O) groups is 1. The highest BCUT2D eigenvalue weighted by Crippen LogP contribution is 2.32. The van der Waals surface area contributed by atoms with Crippen molar-refractivity contribution < 1.29 is 9.53 Å². The monoisotopic (exact) mass is 437 g/mol. The minimum absolute atomic E-state index is 0. The van der Waals surface area contributed by atoms with Gasteiger partial charge in [0.2, 0.25) is 11.8 Å². The van der Waals surface area contributed by atoms with Crippen molar-refractivity contribution in [2.24, 2.45) is 18.7 Å². The summed E-state index contributed by atoms with van der Waals surface area (Å²) >= 11 is 0. The average molecular weight is 438 g/mol. The Morgan fingerprint density at radius 2 is 1.86 bits per heavy atom. The predicted octanol–water partition coefficient (Wildman–Crippen LogP) is 4.03. The zero-order valence-corrected chi connectivity index (χ0v) is 18.0. The molecule has 1 aromatic carbocycles. The van der Waals surface area contributed by atoms with Crippen molar-refractivity contribution in [2.75, 3.05) is 5.32 Å². The minimum Gasteiger partial charge on any atom is -0.436 e. The summed E-state index contributed by atoms with van der Waals surface area (Å²) in [6.07, 6.45) is 3.26. The van der Waals surface area contributed by atoms with E-state index in [0.717, 1.165) is 5.56 Å². The number of nitrogens with one attached hydrogen (secondary N) is 1. The molecule has 0 aliphatic heterocycles. The molecule has 3 N–H and O–H groups in total. The molecule has 7 nitrogen and oxygen atoms in total. The summed E-state index contributed by atoms with van der Waals surface area (Å²) in [5, 5.41) is 7.27. The van der Waals surface area contributed by atoms with E-state index in [-0.39, 0.29) is 30.7 Å². The minimum atomic E-state index is -0.432. The highest BCUT2D eigenvalue weighted by molar-refractivity contribution is 5.94. The summed E-state index contributed by atoms with van der Waals surface area (Å²) in [5.41, 5.74) is 8.37. The van der Waals surface area contributed by atoms with Gasteiger partial charge in [-0.2, -0.15) is 5.10 Å². The Kier molecular flexibility index (Phi) is 9.10. The number of rotatable bonds is 6. The number of carbonyl (C=O) groups excluding carboxylic acids is 1. The summed E-state index contributed by atoms with van der Waals surface area (Å²) in [6, 6.07) is 12.7. The van der Waals surface area contributed by atoms with Crippen molar-refractivity contribution in [3.05, 3.63) is 66.1 Å². The number of benzene rings is 1. The Balaban J connectivity index is 0.00000210. The first-order valence-corrected chi connectivity index (χ1v) is 8.70. The second-order valence-corrected chi connectivity index (χ2v) is 6.39. The van der Waals surface area contributed by atoms with E-state index in [1.54, 1.807) is 43.2 Å². The van der Waals surface area contributed by atoms with Crippen LogP contribution in [0.1, 0.15) is 24.2 Å². The van der Waals surface area contributed by atoms with E-state index in [1.807, 2.05) is 37.3 Å². The number of nitrogens with two attached hydrogens (primary N) is 1. The lowest BCUT2D eigenvalue weighted by atomic mass is 9.94. The van der Waals surface area contributed by atoms with Crippen molar-refractivity contribution in [3.63, 3.8) is 0 Å². The second-order valence-electron chi connectivity index (χ2n) is 6.39. The molecule has 0 saturated carbocycles. The summed E-state index contributed by atoms with van der Waals surface area (Å²) in [4.78, 5) is 16.8. The standard InChI is InChI=1S/C20H23N5O2.2ClH/c1-13(17(21)15-8-5-4-6-9-15)19(26)23-18-14(2)24-25(3)20(18)27-16-10-7-11-22-12-16;;/h4-13,17H,21H2,1-3H3,(H,23,26);2*1H. The molecule has 9 heteroatoms. The van der Waals surface area contributed by atoms with Gasteiger partial charge in [-0.25, -0.2) is 4.68 Å². The fourth-order valence-electron chi connectivity index (χ4n) is 2.78. The topological polar surface area (TPSA) is 95.1 Å². The number of hydrogen-bond acceptors (Lipinski definition) is 5. The third kappa shape index (κ3) is 5.69. The average Bonchev–Trinajstić information content (AvgIpc) is 2.95. The van der Waals surface area contributed by atoms with Crippen LogP contribution in [0.5, 0.6) is 11.6 Å². The molecule has 0 spiro atoms. The van der Waals surface area contributed by atoms with Crippen LogP contribution < -0.4 is 15.8 Å². The van der Waals surface area contributed by atoms with Crippen molar-refractivity contribution in [3.8, 4) is 11.6 Å².